The molecule has 3 aromatic carbocycles. The molecule has 0 fully saturated rings. The van der Waals surface area contributed by atoms with Crippen LogP contribution in [0.25, 0.3) is 38.7 Å². The van der Waals surface area contributed by atoms with Crippen molar-refractivity contribution < 1.29 is 14.1 Å². The van der Waals surface area contributed by atoms with E-state index in [2.05, 4.69) is 39.4 Å². The molecule has 4 nitrogen and oxygen atoms in total. The summed E-state index contributed by atoms with van der Waals surface area (Å²) in [5.74, 6) is -0.448. The van der Waals surface area contributed by atoms with Crippen molar-refractivity contribution in [2.75, 3.05) is 0 Å². The summed E-state index contributed by atoms with van der Waals surface area (Å²) in [6.45, 7) is 0. The second-order valence-electron chi connectivity index (χ2n) is 6.26. The zero-order valence-corrected chi connectivity index (χ0v) is 15.7. The van der Waals surface area contributed by atoms with Crippen LogP contribution in [0.1, 0.15) is 0 Å². The number of halogens is 1. The summed E-state index contributed by atoms with van der Waals surface area (Å²) in [4.78, 5) is 0. The third-order valence-corrected chi connectivity index (χ3v) is 5.17. The smallest absolute Gasteiger partial charge is 0.272 e. The Labute approximate surface area is 163 Å². The maximum atomic E-state index is 12.6. The molecule has 0 aliphatic carbocycles. The van der Waals surface area contributed by atoms with Crippen LogP contribution in [-0.2, 0) is 0 Å². The summed E-state index contributed by atoms with van der Waals surface area (Å²) in [5, 5.41) is 17.6. The van der Waals surface area contributed by atoms with Gasteiger partial charge in [0.1, 0.15) is 0 Å². The first-order valence-corrected chi connectivity index (χ1v) is 9.28. The maximum Gasteiger partial charge on any atom is 0.272 e. The van der Waals surface area contributed by atoms with Crippen molar-refractivity contribution in [2.45, 2.75) is 0 Å². The van der Waals surface area contributed by atoms with Gasteiger partial charge >= 0.3 is 0 Å². The molecule has 0 N–H and O–H groups in total. The van der Waals surface area contributed by atoms with E-state index in [0.29, 0.717) is 5.52 Å². The minimum atomic E-state index is -0.448. The first kappa shape index (κ1) is 16.0. The van der Waals surface area contributed by atoms with Crippen molar-refractivity contribution >= 4 is 32.3 Å². The Hall–Kier alpha value is -3.18. The minimum Gasteiger partial charge on any atom is -0.539 e. The monoisotopic (exact) mass is 416 g/mol. The third-order valence-electron chi connectivity index (χ3n) is 4.68. The fourth-order valence-corrected chi connectivity index (χ4v) is 3.92. The first-order valence-electron chi connectivity index (χ1n) is 8.49. The summed E-state index contributed by atoms with van der Waals surface area (Å²) in [5.41, 5.74) is 5.03. The van der Waals surface area contributed by atoms with Gasteiger partial charge in [0.2, 0.25) is 5.52 Å². The number of aromatic nitrogens is 2. The number of pyridine rings is 1. The van der Waals surface area contributed by atoms with Gasteiger partial charge in [-0.25, -0.2) is 0 Å². The Balaban J connectivity index is 2.08. The van der Waals surface area contributed by atoms with Crippen molar-refractivity contribution in [1.82, 2.24) is 5.27 Å². The molecule has 5 aromatic rings. The lowest BCUT2D eigenvalue weighted by Crippen LogP contribution is -2.25. The number of benzene rings is 3. The van der Waals surface area contributed by atoms with Gasteiger partial charge in [-0.2, -0.15) is 0 Å². The summed E-state index contributed by atoms with van der Waals surface area (Å²) in [6.07, 6.45) is 0. The Morgan fingerprint density at radius 2 is 1.44 bits per heavy atom. The molecule has 2 heterocycles. The van der Waals surface area contributed by atoms with Gasteiger partial charge in [-0.15, -0.1) is 0 Å². The van der Waals surface area contributed by atoms with Crippen LogP contribution in [-0.4, -0.2) is 5.27 Å². The molecule has 0 saturated carbocycles. The van der Waals surface area contributed by atoms with Gasteiger partial charge in [0, 0.05) is 16.1 Å². The number of nitrogens with zero attached hydrogens (tertiary/aromatic N) is 2. The van der Waals surface area contributed by atoms with E-state index in [-0.39, 0.29) is 0 Å². The fraction of sp³-hybridized carbons (Fsp3) is 0. The number of fused-ring (bicyclic) bond motifs is 3. The van der Waals surface area contributed by atoms with Crippen LogP contribution in [0, 0.1) is 0 Å². The van der Waals surface area contributed by atoms with Crippen LogP contribution >= 0.6 is 15.9 Å². The zero-order chi connectivity index (χ0) is 18.4. The highest BCUT2D eigenvalue weighted by molar-refractivity contribution is 9.10. The Kier molecular flexibility index (Phi) is 3.69. The average molecular weight is 417 g/mol. The predicted molar refractivity (Wildman–Crippen MR) is 105 cm³/mol. The molecule has 0 unspecified atom stereocenters. The van der Waals surface area contributed by atoms with Crippen LogP contribution in [0.15, 0.2) is 87.9 Å². The van der Waals surface area contributed by atoms with Gasteiger partial charge in [0.15, 0.2) is 5.95 Å². The Bertz CT molecular complexity index is 1280. The number of hydrogen-bond acceptors (Lipinski definition) is 3. The molecule has 0 radical (unpaired) electrons. The van der Waals surface area contributed by atoms with Crippen LogP contribution in [0.4, 0.5) is 0 Å². The molecule has 2 aromatic heterocycles. The summed E-state index contributed by atoms with van der Waals surface area (Å²) in [7, 11) is 0. The Morgan fingerprint density at radius 3 is 2.11 bits per heavy atom. The third kappa shape index (κ3) is 2.51. The molecule has 0 atom stereocenters. The predicted octanol–water partition coefficient (Wildman–Crippen LogP) is 4.74. The van der Waals surface area contributed by atoms with Crippen molar-refractivity contribution in [1.29, 1.82) is 0 Å². The van der Waals surface area contributed by atoms with Gasteiger partial charge in [-0.1, -0.05) is 76.6 Å². The molecule has 5 heteroatoms. The van der Waals surface area contributed by atoms with Crippen LogP contribution in [0.5, 0.6) is 5.95 Å². The highest BCUT2D eigenvalue weighted by Gasteiger charge is 2.26. The van der Waals surface area contributed by atoms with Crippen LogP contribution in [0.3, 0.4) is 0 Å². The van der Waals surface area contributed by atoms with E-state index in [0.717, 1.165) is 37.6 Å². The van der Waals surface area contributed by atoms with E-state index in [1.807, 2.05) is 60.7 Å². The molecule has 0 bridgehead atoms. The average Bonchev–Trinajstić information content (AvgIpc) is 3.09. The molecule has 0 saturated heterocycles. The van der Waals surface area contributed by atoms with E-state index in [1.165, 1.54) is 0 Å². The van der Waals surface area contributed by atoms with Crippen molar-refractivity contribution in [2.24, 2.45) is 0 Å². The van der Waals surface area contributed by atoms with E-state index in [9.17, 15) is 5.11 Å². The van der Waals surface area contributed by atoms with Gasteiger partial charge in [-0.05, 0) is 27.8 Å². The lowest BCUT2D eigenvalue weighted by molar-refractivity contribution is -0.567. The fourth-order valence-electron chi connectivity index (χ4n) is 3.56. The molecule has 0 aliphatic rings. The lowest BCUT2D eigenvalue weighted by Gasteiger charge is -2.12. The summed E-state index contributed by atoms with van der Waals surface area (Å²) < 4.78 is 7.60. The van der Waals surface area contributed by atoms with Gasteiger partial charge < -0.3 is 9.63 Å². The molecule has 5 rings (SSSR count). The second-order valence-corrected chi connectivity index (χ2v) is 7.18. The van der Waals surface area contributed by atoms with Crippen molar-refractivity contribution in [3.05, 3.63) is 83.3 Å². The molecule has 0 spiro atoms. The molecule has 0 amide bonds. The molecular weight excluding hydrogens is 404 g/mol. The lowest BCUT2D eigenvalue weighted by atomic mass is 9.91. The van der Waals surface area contributed by atoms with E-state index < -0.39 is 5.95 Å². The highest BCUT2D eigenvalue weighted by atomic mass is 79.9. The van der Waals surface area contributed by atoms with Crippen molar-refractivity contribution in [3.63, 3.8) is 0 Å². The second kappa shape index (κ2) is 6.21. The highest BCUT2D eigenvalue weighted by Crippen LogP contribution is 2.41. The summed E-state index contributed by atoms with van der Waals surface area (Å²) in [6, 6.07) is 25.9. The molecule has 0 aliphatic heterocycles. The van der Waals surface area contributed by atoms with Crippen LogP contribution in [0.2, 0.25) is 0 Å². The van der Waals surface area contributed by atoms with E-state index in [1.54, 1.807) is 4.52 Å². The van der Waals surface area contributed by atoms with E-state index in [4.69, 9.17) is 4.52 Å². The number of hydrogen-bond donors (Lipinski definition) is 0. The minimum absolute atomic E-state index is 0.440. The standard InChI is InChI=1S/C22H13BrN2O2/c23-16-11-12-18-17(13-16)19(14-7-3-1-4-8-14)20(15-9-5-2-6-10-15)21-22(26)27-24-25(18)21/h1-13H. The van der Waals surface area contributed by atoms with Gasteiger partial charge in [0.25, 0.3) is 5.52 Å². The zero-order valence-electron chi connectivity index (χ0n) is 14.1. The number of rotatable bonds is 2. The van der Waals surface area contributed by atoms with Gasteiger partial charge in [0.05, 0.1) is 16.2 Å². The van der Waals surface area contributed by atoms with Gasteiger partial charge in [-0.3, -0.25) is 0 Å². The van der Waals surface area contributed by atoms with E-state index >= 15 is 0 Å². The van der Waals surface area contributed by atoms with Crippen molar-refractivity contribution in [3.8, 4) is 28.2 Å². The largest absolute Gasteiger partial charge is 0.539 e. The quantitative estimate of drug-likeness (QED) is 0.390. The first-order chi connectivity index (χ1) is 13.2. The topological polar surface area (TPSA) is 53.2 Å². The normalized spacial score (nSPS) is 11.3. The SMILES string of the molecule is [O-]c1on[n+]2c1c(-c1ccccc1)c(-c1ccccc1)c1cc(Br)ccc12. The Morgan fingerprint density at radius 1 is 0.815 bits per heavy atom. The molecular formula is C22H13BrN2O2. The maximum absolute atomic E-state index is 12.6. The molecule has 27 heavy (non-hydrogen) atoms. The van der Waals surface area contributed by atoms with Crippen LogP contribution < -0.4 is 9.62 Å². The molecule has 130 valence electrons. The summed E-state index contributed by atoms with van der Waals surface area (Å²) >= 11 is 3.57.